The van der Waals surface area contributed by atoms with Crippen molar-refractivity contribution in [3.05, 3.63) is 177 Å². The largest absolute Gasteiger partial charge is 0.454 e. The molecule has 0 aromatic carbocycles. The number of aromatic nitrogens is 10. The second-order valence-electron chi connectivity index (χ2n) is 40.9. The van der Waals surface area contributed by atoms with Gasteiger partial charge in [0.1, 0.15) is 36.6 Å². The molecular weight excluding hydrogens is 1390 g/mol. The highest BCUT2D eigenvalue weighted by Crippen LogP contribution is 2.33. The number of esters is 1. The Morgan fingerprint density at radius 3 is 1.25 bits per heavy atom. The van der Waals surface area contributed by atoms with Gasteiger partial charge in [0.2, 0.25) is 0 Å². The minimum Gasteiger partial charge on any atom is -0.454 e. The second kappa shape index (κ2) is 42.3. The first-order valence-electron chi connectivity index (χ1n) is 39.8. The molecule has 18 nitrogen and oxygen atoms in total. The molecule has 11 heterocycles. The highest BCUT2D eigenvalue weighted by Gasteiger charge is 2.30. The number of cyclic esters (lactones) is 1. The summed E-state index contributed by atoms with van der Waals surface area (Å²) in [4.78, 5) is 56.3. The first-order chi connectivity index (χ1) is 50.5. The lowest BCUT2D eigenvalue weighted by Gasteiger charge is -2.23. The lowest BCUT2D eigenvalue weighted by atomic mass is 9.84. The van der Waals surface area contributed by atoms with E-state index in [0.29, 0.717) is 5.41 Å². The molecule has 6 aromatic rings. The van der Waals surface area contributed by atoms with E-state index in [9.17, 15) is 4.79 Å². The van der Waals surface area contributed by atoms with E-state index in [2.05, 4.69) is 336 Å². The maximum absolute atomic E-state index is 10.6. The summed E-state index contributed by atoms with van der Waals surface area (Å²) in [5.41, 5.74) is 22.1. The number of nitrogens with one attached hydrogen (secondary N) is 2. The minimum absolute atomic E-state index is 0.0304. The van der Waals surface area contributed by atoms with Crippen LogP contribution < -0.4 is 0 Å². The third-order valence-corrected chi connectivity index (χ3v) is 17.6. The fraction of sp³-hybridized carbons (Fsp3) is 0.628. The Bertz CT molecular complexity index is 3960. The molecule has 0 spiro atoms. The Morgan fingerprint density at radius 1 is 0.500 bits per heavy atom. The summed E-state index contributed by atoms with van der Waals surface area (Å²) in [5.74, 6) is 2.42. The van der Waals surface area contributed by atoms with Crippen molar-refractivity contribution in [2.24, 2.45) is 47.0 Å². The predicted octanol–water partition coefficient (Wildman–Crippen LogP) is 24.4. The summed E-state index contributed by atoms with van der Waals surface area (Å²) < 4.78 is 14.9. The van der Waals surface area contributed by atoms with Gasteiger partial charge in [0, 0.05) is 132 Å². The first kappa shape index (κ1) is 102. The molecule has 11 rings (SSSR count). The fourth-order valence-corrected chi connectivity index (χ4v) is 10.6. The Balaban J connectivity index is 0.000000616. The van der Waals surface area contributed by atoms with Crippen molar-refractivity contribution in [1.82, 2.24) is 50.2 Å². The summed E-state index contributed by atoms with van der Waals surface area (Å²) in [7, 11) is 0. The number of rotatable bonds is 0. The Kier molecular flexibility index (Phi) is 38.5. The maximum atomic E-state index is 10.6. The standard InChI is InChI=1S/2C9H14N2.4C9H15N.2C8H14N2.2C8H13NO.C8H12O2/c1-7-5-8(9(2,3)4)11-6-10-7;1-7-5-6-10-8(11-7)9(2,3)4;1-7-5-8(6-10-7)9(2,3)4;2*1-7-8(5-6-10-7)9(2,3)4;1-7-5-6-8(10-7)9(2,3)4;1-6-9-5-7(10-6)8(2,3)4;1-6-5-7(10-9-6)8(2,3)4;1-6-9-7(5-10-6)8(2,3)4;1-6-7(5-10-9-6)8(2,3)4;1-8(2,3)6-4-5-7(9)10-6/h2*5-6H,1-4H3;3*5H,6H2,1-4H3;6H,5H2,1-4H3;2*5H,1-4H3,(H,9,10);2*5H,1-4H3;4-6H,1-3H3. The van der Waals surface area contributed by atoms with Crippen LogP contribution in [0.25, 0.3) is 0 Å². The van der Waals surface area contributed by atoms with Gasteiger partial charge < -0.3 is 18.7 Å². The number of aromatic amines is 2. The number of hydrogen-bond acceptors (Lipinski definition) is 16. The summed E-state index contributed by atoms with van der Waals surface area (Å²) >= 11 is 0. The maximum Gasteiger partial charge on any atom is 0.331 e. The molecule has 0 amide bonds. The van der Waals surface area contributed by atoms with Crippen molar-refractivity contribution < 1.29 is 18.5 Å². The van der Waals surface area contributed by atoms with Gasteiger partial charge in [-0.05, 0) is 131 Å². The zero-order valence-corrected chi connectivity index (χ0v) is 78.5. The van der Waals surface area contributed by atoms with Crippen molar-refractivity contribution in [2.75, 3.05) is 19.6 Å². The third kappa shape index (κ3) is 39.5. The summed E-state index contributed by atoms with van der Waals surface area (Å²) in [6.45, 7) is 94.0. The first-order valence-corrected chi connectivity index (χ1v) is 39.8. The van der Waals surface area contributed by atoms with Gasteiger partial charge in [-0.15, -0.1) is 0 Å². The molecule has 2 N–H and O–H groups in total. The number of allylic oxidation sites excluding steroid dienone is 5. The van der Waals surface area contributed by atoms with Crippen molar-refractivity contribution in [3.63, 3.8) is 0 Å². The minimum atomic E-state index is -0.222. The molecule has 624 valence electrons. The average Bonchev–Trinajstić information content (AvgIpc) is 1.82. The lowest BCUT2D eigenvalue weighted by Crippen LogP contribution is -2.25. The van der Waals surface area contributed by atoms with Gasteiger partial charge >= 0.3 is 5.97 Å². The molecule has 1 unspecified atom stereocenters. The normalized spacial score (nSPS) is 15.5. The number of ether oxygens (including phenoxy) is 1. The van der Waals surface area contributed by atoms with Crippen LogP contribution in [-0.2, 0) is 42.0 Å². The summed E-state index contributed by atoms with van der Waals surface area (Å²) in [5, 5.41) is 10.9. The number of aliphatic imine (C=N–C) groups is 4. The van der Waals surface area contributed by atoms with Gasteiger partial charge in [0.05, 0.1) is 36.7 Å². The number of H-pyrrole nitrogens is 2. The summed E-state index contributed by atoms with van der Waals surface area (Å²) in [6.07, 6.45) is 21.9. The molecule has 6 aromatic heterocycles. The lowest BCUT2D eigenvalue weighted by molar-refractivity contribution is -0.142. The van der Waals surface area contributed by atoms with Crippen LogP contribution in [0.1, 0.15) is 331 Å². The SMILES string of the molecule is CC(C)(C)C1C=CC(=O)O1.CC1=NC(C(C)(C)C)=CC1.CC1=NCC(C(C)(C)C)=C1.CC1=NCC=C1C(C)(C)C.CC1=NCC=C1C(C)(C)C.Cc1cc(C(C)(C)C)n[nH]1.Cc1cc(C(C)(C)C)ncn1.Cc1ccnc(C(C)(C)C)n1.Cc1nc(C(C)(C)C)co1.Cc1ncc(C(C)(C)C)[nH]1.Cc1nocc1C(C)(C)C. The van der Waals surface area contributed by atoms with Crippen LogP contribution >= 0.6 is 0 Å². The van der Waals surface area contributed by atoms with E-state index in [0.717, 1.165) is 83.5 Å². The van der Waals surface area contributed by atoms with Crippen LogP contribution in [0.4, 0.5) is 0 Å². The number of carbonyl (C=O) groups is 1. The van der Waals surface area contributed by atoms with Crippen molar-refractivity contribution in [2.45, 2.75) is 343 Å². The Labute approximate surface area is 680 Å². The Hall–Kier alpha value is -8.15. The average molecular weight is 1540 g/mol. The van der Waals surface area contributed by atoms with Gasteiger partial charge in [0.15, 0.2) is 5.89 Å². The zero-order valence-electron chi connectivity index (χ0n) is 78.5. The van der Waals surface area contributed by atoms with Crippen molar-refractivity contribution in [3.8, 4) is 0 Å². The third-order valence-electron chi connectivity index (χ3n) is 17.6. The van der Waals surface area contributed by atoms with Gasteiger partial charge in [-0.1, -0.05) is 252 Å². The van der Waals surface area contributed by atoms with Gasteiger partial charge in [-0.2, -0.15) is 5.10 Å². The smallest absolute Gasteiger partial charge is 0.331 e. The van der Waals surface area contributed by atoms with Crippen LogP contribution in [0.3, 0.4) is 0 Å². The number of oxazole rings is 1. The molecule has 5 aliphatic heterocycles. The number of nitrogens with zero attached hydrogens (tertiary/aromatic N) is 12. The highest BCUT2D eigenvalue weighted by atomic mass is 16.5. The molecule has 0 radical (unpaired) electrons. The van der Waals surface area contributed by atoms with E-state index in [1.807, 2.05) is 92.9 Å². The molecule has 5 aliphatic rings. The van der Waals surface area contributed by atoms with E-state index in [-0.39, 0.29) is 66.2 Å². The molecule has 0 fully saturated rings. The zero-order chi connectivity index (χ0) is 87.0. The fourth-order valence-electron chi connectivity index (χ4n) is 10.6. The quantitative estimate of drug-likeness (QED) is 0.135. The van der Waals surface area contributed by atoms with Gasteiger partial charge in [-0.3, -0.25) is 25.1 Å². The van der Waals surface area contributed by atoms with Gasteiger partial charge in [0.25, 0.3) is 0 Å². The number of imidazole rings is 1. The molecule has 0 saturated carbocycles. The van der Waals surface area contributed by atoms with Crippen LogP contribution in [0.2, 0.25) is 0 Å². The molecule has 112 heavy (non-hydrogen) atoms. The highest BCUT2D eigenvalue weighted by molar-refractivity contribution is 6.01. The molecule has 18 heteroatoms. The Morgan fingerprint density at radius 2 is 1.04 bits per heavy atom. The topological polar surface area (TPSA) is 237 Å². The van der Waals surface area contributed by atoms with Crippen LogP contribution in [0.15, 0.2) is 137 Å². The monoisotopic (exact) mass is 1540 g/mol. The molecule has 0 bridgehead atoms. The second-order valence-corrected chi connectivity index (χ2v) is 40.9. The van der Waals surface area contributed by atoms with E-state index >= 15 is 0 Å². The van der Waals surface area contributed by atoms with Crippen LogP contribution in [0, 0.1) is 68.6 Å². The number of hydrogen-bond donors (Lipinski definition) is 2. The molecular formula is C94H154N14O4. The van der Waals surface area contributed by atoms with Crippen molar-refractivity contribution in [1.29, 1.82) is 0 Å². The van der Waals surface area contributed by atoms with Gasteiger partial charge in [-0.25, -0.2) is 34.7 Å². The van der Waals surface area contributed by atoms with Crippen LogP contribution in [-0.4, -0.2) is 105 Å². The van der Waals surface area contributed by atoms with E-state index in [1.54, 1.807) is 18.9 Å². The molecule has 0 saturated heterocycles. The van der Waals surface area contributed by atoms with Crippen LogP contribution in [0.5, 0.6) is 0 Å². The van der Waals surface area contributed by atoms with E-state index in [1.165, 1.54) is 62.6 Å². The van der Waals surface area contributed by atoms with E-state index in [4.69, 9.17) is 13.7 Å². The number of carbonyl (C=O) groups excluding carboxylic acids is 1. The number of aryl methyl sites for hydroxylation is 6. The predicted molar refractivity (Wildman–Crippen MR) is 475 cm³/mol. The molecule has 1 atom stereocenters. The molecule has 0 aliphatic carbocycles. The summed E-state index contributed by atoms with van der Waals surface area (Å²) in [6, 6.07) is 6.02. The van der Waals surface area contributed by atoms with Crippen molar-refractivity contribution >= 4 is 28.8 Å². The van der Waals surface area contributed by atoms with E-state index < -0.39 is 0 Å².